The van der Waals surface area contributed by atoms with Gasteiger partial charge in [0.2, 0.25) is 0 Å². The summed E-state index contributed by atoms with van der Waals surface area (Å²) < 4.78 is 40.0. The van der Waals surface area contributed by atoms with E-state index in [-0.39, 0.29) is 5.69 Å². The Morgan fingerprint density at radius 2 is 2.05 bits per heavy atom. The SMILES string of the molecule is O=c1ccc(-c2ccc(N3CCSC3)c(C(F)(F)F)c2)n[nH]1. The van der Waals surface area contributed by atoms with Gasteiger partial charge >= 0.3 is 6.18 Å². The van der Waals surface area contributed by atoms with Crippen LogP contribution in [0, 0.1) is 0 Å². The van der Waals surface area contributed by atoms with E-state index in [2.05, 4.69) is 10.2 Å². The number of thioether (sulfide) groups is 1. The van der Waals surface area contributed by atoms with E-state index in [9.17, 15) is 18.0 Å². The molecule has 1 aromatic carbocycles. The molecule has 1 aliphatic rings. The van der Waals surface area contributed by atoms with Crippen LogP contribution in [0.15, 0.2) is 35.1 Å². The maximum absolute atomic E-state index is 13.3. The number of nitrogens with one attached hydrogen (secondary N) is 1. The summed E-state index contributed by atoms with van der Waals surface area (Å²) in [6.07, 6.45) is -4.44. The van der Waals surface area contributed by atoms with Crippen LogP contribution < -0.4 is 10.5 Å². The molecule has 1 aliphatic heterocycles. The summed E-state index contributed by atoms with van der Waals surface area (Å²) >= 11 is 1.61. The van der Waals surface area contributed by atoms with Crippen LogP contribution in [0.5, 0.6) is 0 Å². The minimum atomic E-state index is -4.44. The van der Waals surface area contributed by atoms with Gasteiger partial charge in [0, 0.05) is 29.6 Å². The third kappa shape index (κ3) is 2.96. The standard InChI is InChI=1S/C14H12F3N3OS/c15-14(16,17)10-7-9(11-2-4-13(21)19-18-11)1-3-12(10)20-5-6-22-8-20/h1-4,7H,5-6,8H2,(H,19,21). The van der Waals surface area contributed by atoms with Crippen molar-refractivity contribution in [1.82, 2.24) is 10.2 Å². The van der Waals surface area contributed by atoms with Crippen molar-refractivity contribution in [3.8, 4) is 11.3 Å². The first kappa shape index (κ1) is 15.0. The molecule has 116 valence electrons. The zero-order valence-electron chi connectivity index (χ0n) is 11.4. The van der Waals surface area contributed by atoms with E-state index in [4.69, 9.17) is 0 Å². The molecule has 1 N–H and O–H groups in total. The van der Waals surface area contributed by atoms with Crippen LogP contribution in [0.1, 0.15) is 5.56 Å². The van der Waals surface area contributed by atoms with Gasteiger partial charge in [-0.2, -0.15) is 18.3 Å². The van der Waals surface area contributed by atoms with E-state index in [1.165, 1.54) is 18.2 Å². The van der Waals surface area contributed by atoms with Crippen molar-refractivity contribution in [2.45, 2.75) is 6.18 Å². The zero-order chi connectivity index (χ0) is 15.7. The lowest BCUT2D eigenvalue weighted by molar-refractivity contribution is -0.137. The number of aromatic amines is 1. The molecule has 0 atom stereocenters. The number of aromatic nitrogens is 2. The first-order valence-electron chi connectivity index (χ1n) is 6.55. The highest BCUT2D eigenvalue weighted by Gasteiger charge is 2.36. The van der Waals surface area contributed by atoms with Crippen LogP contribution >= 0.6 is 11.8 Å². The molecule has 4 nitrogen and oxygen atoms in total. The van der Waals surface area contributed by atoms with Gasteiger partial charge in [-0.15, -0.1) is 11.8 Å². The second kappa shape index (κ2) is 5.68. The Kier molecular flexibility index (Phi) is 3.86. The van der Waals surface area contributed by atoms with Crippen LogP contribution in [0.2, 0.25) is 0 Å². The third-order valence-electron chi connectivity index (χ3n) is 3.37. The fourth-order valence-electron chi connectivity index (χ4n) is 2.31. The fourth-order valence-corrected chi connectivity index (χ4v) is 3.27. The van der Waals surface area contributed by atoms with Crippen LogP contribution in [0.4, 0.5) is 18.9 Å². The number of rotatable bonds is 2. The predicted molar refractivity (Wildman–Crippen MR) is 80.0 cm³/mol. The van der Waals surface area contributed by atoms with Gasteiger partial charge < -0.3 is 4.90 Å². The Bertz CT molecular complexity index is 718. The molecule has 0 bridgehead atoms. The smallest absolute Gasteiger partial charge is 0.361 e. The van der Waals surface area contributed by atoms with Gasteiger partial charge in [-0.1, -0.05) is 6.07 Å². The largest absolute Gasteiger partial charge is 0.418 e. The van der Waals surface area contributed by atoms with E-state index in [0.717, 1.165) is 11.8 Å². The number of anilines is 1. The molecule has 0 saturated carbocycles. The number of nitrogens with zero attached hydrogens (tertiary/aromatic N) is 2. The maximum Gasteiger partial charge on any atom is 0.418 e. The molecule has 1 saturated heterocycles. The number of H-pyrrole nitrogens is 1. The normalized spacial score (nSPS) is 15.3. The summed E-state index contributed by atoms with van der Waals surface area (Å²) in [5.41, 5.74) is -0.275. The Labute approximate surface area is 128 Å². The molecule has 8 heteroatoms. The number of benzene rings is 1. The van der Waals surface area contributed by atoms with Crippen LogP contribution in [-0.2, 0) is 6.18 Å². The molecular weight excluding hydrogens is 315 g/mol. The molecule has 0 spiro atoms. The van der Waals surface area contributed by atoms with Crippen molar-refractivity contribution in [1.29, 1.82) is 0 Å². The monoisotopic (exact) mass is 327 g/mol. The van der Waals surface area contributed by atoms with E-state index >= 15 is 0 Å². The average Bonchev–Trinajstić information content (AvgIpc) is 3.01. The molecule has 3 rings (SSSR count). The van der Waals surface area contributed by atoms with E-state index < -0.39 is 17.3 Å². The van der Waals surface area contributed by atoms with Crippen LogP contribution in [-0.4, -0.2) is 28.4 Å². The summed E-state index contributed by atoms with van der Waals surface area (Å²) in [5, 5.41) is 6.00. The average molecular weight is 327 g/mol. The first-order chi connectivity index (χ1) is 10.4. The quantitative estimate of drug-likeness (QED) is 0.921. The second-order valence-electron chi connectivity index (χ2n) is 4.84. The van der Waals surface area contributed by atoms with Gasteiger partial charge in [-0.05, 0) is 18.2 Å². The van der Waals surface area contributed by atoms with Gasteiger partial charge in [-0.25, -0.2) is 5.10 Å². The lowest BCUT2D eigenvalue weighted by atomic mass is 10.0. The van der Waals surface area contributed by atoms with Crippen molar-refractivity contribution in [2.24, 2.45) is 0 Å². The lowest BCUT2D eigenvalue weighted by Gasteiger charge is -2.22. The van der Waals surface area contributed by atoms with Crippen LogP contribution in [0.25, 0.3) is 11.3 Å². The molecular formula is C14H12F3N3OS. The summed E-state index contributed by atoms with van der Waals surface area (Å²) in [4.78, 5) is 12.7. The highest BCUT2D eigenvalue weighted by atomic mass is 32.2. The topological polar surface area (TPSA) is 49.0 Å². The highest BCUT2D eigenvalue weighted by molar-refractivity contribution is 7.99. The zero-order valence-corrected chi connectivity index (χ0v) is 12.2. The van der Waals surface area contributed by atoms with Crippen LogP contribution in [0.3, 0.4) is 0 Å². The summed E-state index contributed by atoms with van der Waals surface area (Å²) in [7, 11) is 0. The number of halogens is 3. The first-order valence-corrected chi connectivity index (χ1v) is 7.71. The van der Waals surface area contributed by atoms with Crippen molar-refractivity contribution in [2.75, 3.05) is 23.1 Å². The number of alkyl halides is 3. The van der Waals surface area contributed by atoms with Gasteiger partial charge in [0.1, 0.15) is 0 Å². The molecule has 0 unspecified atom stereocenters. The van der Waals surface area contributed by atoms with Gasteiger partial charge in [0.15, 0.2) is 0 Å². The summed E-state index contributed by atoms with van der Waals surface area (Å²) in [6, 6.07) is 6.78. The summed E-state index contributed by atoms with van der Waals surface area (Å²) in [6.45, 7) is 0.601. The lowest BCUT2D eigenvalue weighted by Crippen LogP contribution is -2.22. The van der Waals surface area contributed by atoms with Gasteiger partial charge in [0.25, 0.3) is 5.56 Å². The van der Waals surface area contributed by atoms with Crippen molar-refractivity contribution >= 4 is 17.4 Å². The molecule has 0 amide bonds. The Balaban J connectivity index is 2.07. The summed E-state index contributed by atoms with van der Waals surface area (Å²) in [5.74, 6) is 1.37. The van der Waals surface area contributed by atoms with Gasteiger partial charge in [0.05, 0.1) is 17.1 Å². The third-order valence-corrected chi connectivity index (χ3v) is 4.34. The molecule has 0 aliphatic carbocycles. The molecule has 22 heavy (non-hydrogen) atoms. The van der Waals surface area contributed by atoms with E-state index in [1.54, 1.807) is 22.7 Å². The van der Waals surface area contributed by atoms with Crippen molar-refractivity contribution in [3.63, 3.8) is 0 Å². The van der Waals surface area contributed by atoms with Crippen molar-refractivity contribution < 1.29 is 13.2 Å². The van der Waals surface area contributed by atoms with Crippen molar-refractivity contribution in [3.05, 3.63) is 46.2 Å². The van der Waals surface area contributed by atoms with E-state index in [1.807, 2.05) is 0 Å². The van der Waals surface area contributed by atoms with E-state index in [0.29, 0.717) is 23.7 Å². The fraction of sp³-hybridized carbons (Fsp3) is 0.286. The second-order valence-corrected chi connectivity index (χ2v) is 5.91. The minimum absolute atomic E-state index is 0.186. The number of hydrogen-bond donors (Lipinski definition) is 1. The Hall–Kier alpha value is -1.96. The Morgan fingerprint density at radius 3 is 2.64 bits per heavy atom. The minimum Gasteiger partial charge on any atom is -0.361 e. The Morgan fingerprint density at radius 1 is 1.23 bits per heavy atom. The predicted octanol–water partition coefficient (Wildman–Crippen LogP) is 2.97. The maximum atomic E-state index is 13.3. The molecule has 1 aromatic heterocycles. The molecule has 1 fully saturated rings. The van der Waals surface area contributed by atoms with Gasteiger partial charge in [-0.3, -0.25) is 4.79 Å². The number of hydrogen-bond acceptors (Lipinski definition) is 4. The molecule has 2 aromatic rings. The molecule has 2 heterocycles. The highest BCUT2D eigenvalue weighted by Crippen LogP contribution is 2.40. The molecule has 0 radical (unpaired) electrons.